The number of carbonyl (C=O) groups excluding carboxylic acids is 1. The normalized spacial score (nSPS) is 13.5. The van der Waals surface area contributed by atoms with E-state index in [1.54, 1.807) is 23.0 Å². The van der Waals surface area contributed by atoms with Crippen molar-refractivity contribution in [3.8, 4) is 11.1 Å². The van der Waals surface area contributed by atoms with Crippen molar-refractivity contribution in [3.63, 3.8) is 0 Å². The first kappa shape index (κ1) is 18.9. The van der Waals surface area contributed by atoms with Crippen LogP contribution in [0.15, 0.2) is 67.1 Å². The number of rotatable bonds is 6. The third-order valence-corrected chi connectivity index (χ3v) is 5.59. The van der Waals surface area contributed by atoms with Gasteiger partial charge in [-0.3, -0.25) is 4.40 Å². The van der Waals surface area contributed by atoms with Gasteiger partial charge in [0.15, 0.2) is 0 Å². The molecule has 3 N–H and O–H groups in total. The second kappa shape index (κ2) is 7.64. The van der Waals surface area contributed by atoms with Gasteiger partial charge < -0.3 is 20.1 Å². The molecule has 4 aromatic rings. The van der Waals surface area contributed by atoms with E-state index < -0.39 is 18.1 Å². The van der Waals surface area contributed by atoms with Crippen LogP contribution in [-0.2, 0) is 16.0 Å². The zero-order chi connectivity index (χ0) is 21.4. The number of ether oxygens (including phenoxy) is 1. The van der Waals surface area contributed by atoms with Gasteiger partial charge in [0.25, 0.3) is 0 Å². The number of nitrogens with zero attached hydrogens (tertiary/aromatic N) is 2. The van der Waals surface area contributed by atoms with E-state index in [-0.39, 0.29) is 18.9 Å². The summed E-state index contributed by atoms with van der Waals surface area (Å²) >= 11 is 0. The number of carbonyl (C=O) groups is 2. The summed E-state index contributed by atoms with van der Waals surface area (Å²) in [6, 6.07) is 15.0. The Morgan fingerprint density at radius 1 is 1.13 bits per heavy atom. The van der Waals surface area contributed by atoms with Crippen molar-refractivity contribution in [2.75, 3.05) is 6.61 Å². The van der Waals surface area contributed by atoms with Gasteiger partial charge in [0.05, 0.1) is 0 Å². The molecule has 0 bridgehead atoms. The summed E-state index contributed by atoms with van der Waals surface area (Å²) in [5, 5.41) is 12.0. The number of hydrogen-bond acceptors (Lipinski definition) is 4. The molecule has 8 nitrogen and oxygen atoms in total. The summed E-state index contributed by atoms with van der Waals surface area (Å²) < 4.78 is 7.21. The number of H-pyrrole nitrogens is 1. The highest BCUT2D eigenvalue weighted by Gasteiger charge is 2.30. The molecule has 5 rings (SSSR count). The highest BCUT2D eigenvalue weighted by atomic mass is 16.5. The third kappa shape index (κ3) is 3.52. The van der Waals surface area contributed by atoms with Crippen LogP contribution >= 0.6 is 0 Å². The summed E-state index contributed by atoms with van der Waals surface area (Å²) in [5.74, 6) is -0.612. The van der Waals surface area contributed by atoms with Gasteiger partial charge in [0, 0.05) is 36.6 Å². The van der Waals surface area contributed by atoms with E-state index in [1.165, 1.54) is 0 Å². The van der Waals surface area contributed by atoms with Crippen LogP contribution in [0.4, 0.5) is 4.79 Å². The zero-order valence-corrected chi connectivity index (χ0v) is 16.5. The van der Waals surface area contributed by atoms with Crippen molar-refractivity contribution < 1.29 is 19.4 Å². The molecule has 0 saturated heterocycles. The minimum Gasteiger partial charge on any atom is -0.480 e. The molecule has 8 heteroatoms. The lowest BCUT2D eigenvalue weighted by molar-refractivity contribution is -0.139. The predicted molar refractivity (Wildman–Crippen MR) is 113 cm³/mol. The fourth-order valence-electron chi connectivity index (χ4n) is 4.16. The van der Waals surface area contributed by atoms with Crippen LogP contribution in [0.1, 0.15) is 22.7 Å². The lowest BCUT2D eigenvalue weighted by Crippen LogP contribution is -2.43. The largest absolute Gasteiger partial charge is 0.480 e. The number of amides is 1. The first-order valence-electron chi connectivity index (χ1n) is 9.95. The third-order valence-electron chi connectivity index (χ3n) is 5.59. The molecule has 156 valence electrons. The number of imidazole rings is 2. The number of aliphatic carboxylic acids is 1. The molecule has 0 radical (unpaired) electrons. The molecule has 1 aliphatic carbocycles. The minimum atomic E-state index is -1.14. The Morgan fingerprint density at radius 2 is 1.81 bits per heavy atom. The SMILES string of the molecule is O=C(N[C@H](Cc1cn2ccnc2[nH]1)C(=O)O)OCC1c2ccccc2-c2ccccc21. The van der Waals surface area contributed by atoms with Gasteiger partial charge in [0.2, 0.25) is 5.78 Å². The topological polar surface area (TPSA) is 109 Å². The van der Waals surface area contributed by atoms with E-state index in [1.807, 2.05) is 36.4 Å². The number of hydrogen-bond donors (Lipinski definition) is 3. The van der Waals surface area contributed by atoms with Gasteiger partial charge in [-0.15, -0.1) is 0 Å². The fraction of sp³-hybridized carbons (Fsp3) is 0.174. The molecule has 1 atom stereocenters. The van der Waals surface area contributed by atoms with Crippen LogP contribution in [0.2, 0.25) is 0 Å². The van der Waals surface area contributed by atoms with Crippen molar-refractivity contribution in [3.05, 3.63) is 83.9 Å². The van der Waals surface area contributed by atoms with Crippen molar-refractivity contribution >= 4 is 17.8 Å². The summed E-state index contributed by atoms with van der Waals surface area (Å²) in [6.45, 7) is 0.128. The second-order valence-electron chi connectivity index (χ2n) is 7.50. The van der Waals surface area contributed by atoms with E-state index in [9.17, 15) is 14.7 Å². The van der Waals surface area contributed by atoms with Crippen LogP contribution in [0.25, 0.3) is 16.9 Å². The molecule has 0 spiro atoms. The maximum absolute atomic E-state index is 12.4. The van der Waals surface area contributed by atoms with Crippen LogP contribution < -0.4 is 5.32 Å². The number of fused-ring (bicyclic) bond motifs is 4. The molecular formula is C23H20N4O4. The monoisotopic (exact) mass is 416 g/mol. The first-order valence-corrected chi connectivity index (χ1v) is 9.95. The zero-order valence-electron chi connectivity index (χ0n) is 16.5. The average Bonchev–Trinajstić information content (AvgIpc) is 3.44. The molecule has 0 aliphatic heterocycles. The van der Waals surface area contributed by atoms with Gasteiger partial charge >= 0.3 is 12.1 Å². The van der Waals surface area contributed by atoms with Crippen LogP contribution in [0.5, 0.6) is 0 Å². The van der Waals surface area contributed by atoms with Crippen molar-refractivity contribution in [1.29, 1.82) is 0 Å². The maximum atomic E-state index is 12.4. The molecule has 2 heterocycles. The summed E-state index contributed by atoms with van der Waals surface area (Å²) in [4.78, 5) is 31.2. The number of carboxylic acid groups (broad SMARTS) is 1. The Labute approximate surface area is 177 Å². The fourth-order valence-corrected chi connectivity index (χ4v) is 4.16. The van der Waals surface area contributed by atoms with Gasteiger partial charge in [-0.25, -0.2) is 14.6 Å². The number of alkyl carbamates (subject to hydrolysis) is 1. The first-order chi connectivity index (χ1) is 15.1. The van der Waals surface area contributed by atoms with Gasteiger partial charge in [-0.2, -0.15) is 0 Å². The predicted octanol–water partition coefficient (Wildman–Crippen LogP) is 3.20. The van der Waals surface area contributed by atoms with Crippen LogP contribution in [0.3, 0.4) is 0 Å². The molecular weight excluding hydrogens is 396 g/mol. The Hall–Kier alpha value is -4.07. The van der Waals surface area contributed by atoms with Gasteiger partial charge in [0.1, 0.15) is 12.6 Å². The lowest BCUT2D eigenvalue weighted by Gasteiger charge is -2.17. The molecule has 0 unspecified atom stereocenters. The Kier molecular flexibility index (Phi) is 4.66. The van der Waals surface area contributed by atoms with Crippen molar-refractivity contribution in [2.24, 2.45) is 0 Å². The molecule has 1 amide bonds. The highest BCUT2D eigenvalue weighted by molar-refractivity contribution is 5.81. The van der Waals surface area contributed by atoms with E-state index in [4.69, 9.17) is 4.74 Å². The molecule has 2 aromatic heterocycles. The number of benzene rings is 2. The minimum absolute atomic E-state index is 0.0855. The number of nitrogens with one attached hydrogen (secondary N) is 2. The molecule has 0 fully saturated rings. The van der Waals surface area contributed by atoms with E-state index in [0.29, 0.717) is 11.5 Å². The van der Waals surface area contributed by atoms with E-state index >= 15 is 0 Å². The lowest BCUT2D eigenvalue weighted by atomic mass is 9.98. The standard InChI is InChI=1S/C23H20N4O4/c28-21(29)20(11-14-12-27-10-9-24-22(27)25-14)26-23(30)31-13-19-17-7-3-1-5-15(17)16-6-2-4-8-18(16)19/h1-10,12,19-20H,11,13H2,(H,24,25)(H,26,30)(H,28,29)/t20-/m1/s1. The van der Waals surface area contributed by atoms with Gasteiger partial charge in [-0.05, 0) is 22.3 Å². The van der Waals surface area contributed by atoms with Crippen LogP contribution in [-0.4, -0.2) is 44.2 Å². The molecule has 31 heavy (non-hydrogen) atoms. The molecule has 1 aliphatic rings. The van der Waals surface area contributed by atoms with E-state index in [0.717, 1.165) is 22.3 Å². The average molecular weight is 416 g/mol. The number of aromatic amines is 1. The summed E-state index contributed by atoms with van der Waals surface area (Å²) in [6.07, 6.45) is 4.47. The second-order valence-corrected chi connectivity index (χ2v) is 7.50. The molecule has 2 aromatic carbocycles. The quantitative estimate of drug-likeness (QED) is 0.447. The Morgan fingerprint density at radius 3 is 2.45 bits per heavy atom. The smallest absolute Gasteiger partial charge is 0.407 e. The highest BCUT2D eigenvalue weighted by Crippen LogP contribution is 2.44. The van der Waals surface area contributed by atoms with Crippen molar-refractivity contribution in [1.82, 2.24) is 19.7 Å². The number of aromatic nitrogens is 3. The molecule has 0 saturated carbocycles. The van der Waals surface area contributed by atoms with E-state index in [2.05, 4.69) is 27.4 Å². The van der Waals surface area contributed by atoms with Crippen molar-refractivity contribution in [2.45, 2.75) is 18.4 Å². The maximum Gasteiger partial charge on any atom is 0.407 e. The Bertz CT molecular complexity index is 1200. The van der Waals surface area contributed by atoms with Gasteiger partial charge in [-0.1, -0.05) is 48.5 Å². The summed E-state index contributed by atoms with van der Waals surface area (Å²) in [7, 11) is 0. The summed E-state index contributed by atoms with van der Waals surface area (Å²) in [5.41, 5.74) is 5.11. The number of carboxylic acids is 1. The van der Waals surface area contributed by atoms with Crippen LogP contribution in [0, 0.1) is 0 Å². The Balaban J connectivity index is 1.26.